The SMILES string of the molecule is CCOc1ccc(NC(=O)c2ccc(OC)c(CSc3ccc(Cl)cc3)c2)cc1. The van der Waals surface area contributed by atoms with Crippen LogP contribution in [-0.4, -0.2) is 19.6 Å². The van der Waals surface area contributed by atoms with Gasteiger partial charge in [-0.15, -0.1) is 11.8 Å². The molecule has 0 saturated heterocycles. The maximum Gasteiger partial charge on any atom is 0.255 e. The summed E-state index contributed by atoms with van der Waals surface area (Å²) in [4.78, 5) is 13.8. The normalized spacial score (nSPS) is 10.4. The molecule has 1 amide bonds. The van der Waals surface area contributed by atoms with Gasteiger partial charge in [0, 0.05) is 32.5 Å². The Morgan fingerprint density at radius 2 is 1.76 bits per heavy atom. The van der Waals surface area contributed by atoms with Gasteiger partial charge in [0.2, 0.25) is 0 Å². The lowest BCUT2D eigenvalue weighted by atomic mass is 10.1. The predicted octanol–water partition coefficient (Wildman–Crippen LogP) is 6.29. The van der Waals surface area contributed by atoms with Crippen molar-refractivity contribution in [3.05, 3.63) is 82.9 Å². The lowest BCUT2D eigenvalue weighted by molar-refractivity contribution is 0.102. The third-order valence-corrected chi connectivity index (χ3v) is 5.49. The van der Waals surface area contributed by atoms with Crippen LogP contribution in [0.3, 0.4) is 0 Å². The van der Waals surface area contributed by atoms with Crippen LogP contribution in [0.25, 0.3) is 0 Å². The summed E-state index contributed by atoms with van der Waals surface area (Å²) >= 11 is 7.60. The molecule has 0 aliphatic heterocycles. The fourth-order valence-corrected chi connectivity index (χ4v) is 3.73. The van der Waals surface area contributed by atoms with Crippen molar-refractivity contribution >= 4 is 35.0 Å². The molecule has 6 heteroatoms. The molecule has 4 nitrogen and oxygen atoms in total. The molecule has 0 saturated carbocycles. The van der Waals surface area contributed by atoms with Crippen LogP contribution in [0.5, 0.6) is 11.5 Å². The highest BCUT2D eigenvalue weighted by Crippen LogP contribution is 2.30. The number of anilines is 1. The Labute approximate surface area is 180 Å². The molecule has 3 rings (SSSR count). The van der Waals surface area contributed by atoms with E-state index >= 15 is 0 Å². The van der Waals surface area contributed by atoms with Crippen LogP contribution < -0.4 is 14.8 Å². The maximum absolute atomic E-state index is 12.7. The van der Waals surface area contributed by atoms with Crippen LogP contribution in [-0.2, 0) is 5.75 Å². The van der Waals surface area contributed by atoms with Gasteiger partial charge < -0.3 is 14.8 Å². The number of benzene rings is 3. The molecule has 0 aliphatic carbocycles. The Morgan fingerprint density at radius 1 is 1.03 bits per heavy atom. The Kier molecular flexibility index (Phi) is 7.44. The van der Waals surface area contributed by atoms with Crippen molar-refractivity contribution in [3.8, 4) is 11.5 Å². The summed E-state index contributed by atoms with van der Waals surface area (Å²) in [6.07, 6.45) is 0. The van der Waals surface area contributed by atoms with Crippen LogP contribution in [0.15, 0.2) is 71.6 Å². The van der Waals surface area contributed by atoms with E-state index in [1.165, 1.54) is 0 Å². The highest BCUT2D eigenvalue weighted by molar-refractivity contribution is 7.98. The lowest BCUT2D eigenvalue weighted by Gasteiger charge is -2.12. The number of carbonyl (C=O) groups excluding carboxylic acids is 1. The predicted molar refractivity (Wildman–Crippen MR) is 120 cm³/mol. The summed E-state index contributed by atoms with van der Waals surface area (Å²) in [6, 6.07) is 20.4. The topological polar surface area (TPSA) is 47.6 Å². The molecule has 3 aromatic carbocycles. The van der Waals surface area contributed by atoms with E-state index in [1.807, 2.05) is 67.6 Å². The average Bonchev–Trinajstić information content (AvgIpc) is 2.74. The van der Waals surface area contributed by atoms with E-state index in [9.17, 15) is 4.79 Å². The van der Waals surface area contributed by atoms with Crippen molar-refractivity contribution < 1.29 is 14.3 Å². The molecule has 150 valence electrons. The van der Waals surface area contributed by atoms with E-state index in [-0.39, 0.29) is 5.91 Å². The first-order valence-electron chi connectivity index (χ1n) is 9.18. The Hall–Kier alpha value is -2.63. The number of hydrogen-bond acceptors (Lipinski definition) is 4. The van der Waals surface area contributed by atoms with Gasteiger partial charge >= 0.3 is 0 Å². The van der Waals surface area contributed by atoms with Crippen molar-refractivity contribution in [1.82, 2.24) is 0 Å². The third kappa shape index (κ3) is 5.92. The zero-order valence-corrected chi connectivity index (χ0v) is 17.8. The van der Waals surface area contributed by atoms with E-state index in [1.54, 1.807) is 24.9 Å². The van der Waals surface area contributed by atoms with Gasteiger partial charge in [0.25, 0.3) is 5.91 Å². The van der Waals surface area contributed by atoms with E-state index in [2.05, 4.69) is 5.32 Å². The highest BCUT2D eigenvalue weighted by atomic mass is 35.5. The van der Waals surface area contributed by atoms with E-state index in [0.717, 1.165) is 22.0 Å². The molecule has 0 spiro atoms. The quantitative estimate of drug-likeness (QED) is 0.429. The average molecular weight is 428 g/mol. The molecule has 0 atom stereocenters. The van der Waals surface area contributed by atoms with Gasteiger partial charge in [-0.05, 0) is 73.7 Å². The number of carbonyl (C=O) groups is 1. The van der Waals surface area contributed by atoms with Crippen LogP contribution in [0.2, 0.25) is 5.02 Å². The second-order valence-corrected chi connectivity index (χ2v) is 7.67. The van der Waals surface area contributed by atoms with Crippen molar-refractivity contribution in [2.75, 3.05) is 19.0 Å². The molecule has 0 heterocycles. The number of hydrogen-bond donors (Lipinski definition) is 1. The maximum atomic E-state index is 12.7. The molecule has 29 heavy (non-hydrogen) atoms. The van der Waals surface area contributed by atoms with Gasteiger partial charge in [0.1, 0.15) is 11.5 Å². The van der Waals surface area contributed by atoms with Crippen molar-refractivity contribution in [1.29, 1.82) is 0 Å². The van der Waals surface area contributed by atoms with Crippen molar-refractivity contribution in [2.24, 2.45) is 0 Å². The molecule has 0 radical (unpaired) electrons. The van der Waals surface area contributed by atoms with Crippen molar-refractivity contribution in [3.63, 3.8) is 0 Å². The fourth-order valence-electron chi connectivity index (χ4n) is 2.73. The number of thioether (sulfide) groups is 1. The third-order valence-electron chi connectivity index (χ3n) is 4.17. The monoisotopic (exact) mass is 427 g/mol. The molecular formula is C23H22ClNO3S. The largest absolute Gasteiger partial charge is 0.496 e. The lowest BCUT2D eigenvalue weighted by Crippen LogP contribution is -2.12. The highest BCUT2D eigenvalue weighted by Gasteiger charge is 2.11. The number of rotatable bonds is 8. The minimum Gasteiger partial charge on any atom is -0.496 e. The summed E-state index contributed by atoms with van der Waals surface area (Å²) in [5.41, 5.74) is 2.24. The van der Waals surface area contributed by atoms with Gasteiger partial charge in [0.15, 0.2) is 0 Å². The fraction of sp³-hybridized carbons (Fsp3) is 0.174. The molecule has 0 unspecified atom stereocenters. The van der Waals surface area contributed by atoms with Crippen LogP contribution >= 0.6 is 23.4 Å². The summed E-state index contributed by atoms with van der Waals surface area (Å²) in [5.74, 6) is 2.03. The van der Waals surface area contributed by atoms with Gasteiger partial charge in [0.05, 0.1) is 13.7 Å². The van der Waals surface area contributed by atoms with Gasteiger partial charge in [-0.1, -0.05) is 11.6 Å². The zero-order chi connectivity index (χ0) is 20.6. The number of halogens is 1. The van der Waals surface area contributed by atoms with Crippen LogP contribution in [0, 0.1) is 0 Å². The van der Waals surface area contributed by atoms with Crippen molar-refractivity contribution in [2.45, 2.75) is 17.6 Å². The second-order valence-electron chi connectivity index (χ2n) is 6.18. The molecule has 3 aromatic rings. The summed E-state index contributed by atoms with van der Waals surface area (Å²) in [5, 5.41) is 3.62. The molecule has 0 aliphatic rings. The Morgan fingerprint density at radius 3 is 2.41 bits per heavy atom. The van der Waals surface area contributed by atoms with E-state index in [0.29, 0.717) is 28.6 Å². The minimum atomic E-state index is -0.172. The van der Waals surface area contributed by atoms with Gasteiger partial charge in [-0.2, -0.15) is 0 Å². The first-order valence-corrected chi connectivity index (χ1v) is 10.5. The smallest absolute Gasteiger partial charge is 0.255 e. The minimum absolute atomic E-state index is 0.172. The number of nitrogens with one attached hydrogen (secondary N) is 1. The molecule has 1 N–H and O–H groups in total. The Bertz CT molecular complexity index is 959. The molecule has 0 fully saturated rings. The van der Waals surface area contributed by atoms with Crippen LogP contribution in [0.4, 0.5) is 5.69 Å². The Balaban J connectivity index is 1.71. The van der Waals surface area contributed by atoms with E-state index in [4.69, 9.17) is 21.1 Å². The molecular weight excluding hydrogens is 406 g/mol. The van der Waals surface area contributed by atoms with Gasteiger partial charge in [-0.25, -0.2) is 0 Å². The number of amides is 1. The second kappa shape index (κ2) is 10.2. The first-order chi connectivity index (χ1) is 14.1. The summed E-state index contributed by atoms with van der Waals surface area (Å²) < 4.78 is 10.9. The first kappa shape index (κ1) is 21.1. The molecule has 0 aromatic heterocycles. The number of ether oxygens (including phenoxy) is 2. The molecule has 0 bridgehead atoms. The summed E-state index contributed by atoms with van der Waals surface area (Å²) in [6.45, 7) is 2.54. The number of methoxy groups -OCH3 is 1. The zero-order valence-electron chi connectivity index (χ0n) is 16.3. The standard InChI is InChI=1S/C23H22ClNO3S/c1-3-28-20-9-7-19(8-10-20)25-23(26)16-4-13-22(27-2)17(14-16)15-29-21-11-5-18(24)6-12-21/h4-14H,3,15H2,1-2H3,(H,25,26). The van der Waals surface area contributed by atoms with Gasteiger partial charge in [-0.3, -0.25) is 4.79 Å². The van der Waals surface area contributed by atoms with Crippen LogP contribution in [0.1, 0.15) is 22.8 Å². The van der Waals surface area contributed by atoms with E-state index < -0.39 is 0 Å². The summed E-state index contributed by atoms with van der Waals surface area (Å²) in [7, 11) is 1.63.